The van der Waals surface area contributed by atoms with Crippen LogP contribution < -0.4 is 41.0 Å². The third-order valence-corrected chi connectivity index (χ3v) is 1.36. The van der Waals surface area contributed by atoms with Gasteiger partial charge in [-0.25, -0.2) is 0 Å². The van der Waals surface area contributed by atoms with Gasteiger partial charge in [0.15, 0.2) is 0 Å². The number of hydrogen-bond acceptors (Lipinski definition) is 3. The van der Waals surface area contributed by atoms with Gasteiger partial charge in [0, 0.05) is 19.3 Å². The fraction of sp³-hybridized carbons (Fsp3) is 0.667. The maximum absolute atomic E-state index is 9.92. The average Bonchev–Trinajstić information content (AvgIpc) is 2.12. The molecule has 0 fully saturated rings. The first-order valence-electron chi connectivity index (χ1n) is 4.68. The van der Waals surface area contributed by atoms with Crippen LogP contribution in [-0.4, -0.2) is 22.9 Å². The van der Waals surface area contributed by atoms with Gasteiger partial charge in [-0.05, 0) is 6.42 Å². The second-order valence-corrected chi connectivity index (χ2v) is 2.93. The molecule has 2 amide bonds. The van der Waals surface area contributed by atoms with E-state index < -0.39 is 17.8 Å². The summed E-state index contributed by atoms with van der Waals surface area (Å²) in [4.78, 5) is 29.6. The molecule has 0 aliphatic rings. The standard InChI is InChI=1S/C5H10O2.C4H8N2O2.Na.H/c1-2-3-4-5(6)7;5-3(7)1-2-4(6)8;;/h2-4H2,1H3,(H,6,7);1-2H2,(H2,5,7)(H2,6,8);;/q;;+1;-1. The molecule has 6 nitrogen and oxygen atoms in total. The fourth-order valence-electron chi connectivity index (χ4n) is 0.574. The van der Waals surface area contributed by atoms with Crippen LogP contribution in [0.3, 0.4) is 0 Å². The van der Waals surface area contributed by atoms with Crippen molar-refractivity contribution >= 4 is 17.8 Å². The van der Waals surface area contributed by atoms with E-state index in [9.17, 15) is 14.4 Å². The quantitative estimate of drug-likeness (QED) is 0.433. The van der Waals surface area contributed by atoms with Crippen LogP contribution in [0.25, 0.3) is 0 Å². The third kappa shape index (κ3) is 29.2. The van der Waals surface area contributed by atoms with Crippen molar-refractivity contribution in [2.45, 2.75) is 39.0 Å². The summed E-state index contributed by atoms with van der Waals surface area (Å²) in [6.45, 7) is 1.98. The first-order valence-corrected chi connectivity index (χ1v) is 4.68. The number of carbonyl (C=O) groups excluding carboxylic acids is 2. The summed E-state index contributed by atoms with van der Waals surface area (Å²) in [5.41, 5.74) is 9.39. The minimum absolute atomic E-state index is 0. The van der Waals surface area contributed by atoms with Gasteiger partial charge in [-0.15, -0.1) is 0 Å². The Morgan fingerprint density at radius 2 is 1.44 bits per heavy atom. The normalized spacial score (nSPS) is 8.06. The van der Waals surface area contributed by atoms with Crippen molar-refractivity contribution in [3.63, 3.8) is 0 Å². The van der Waals surface area contributed by atoms with E-state index >= 15 is 0 Å². The zero-order valence-electron chi connectivity index (χ0n) is 10.9. The monoisotopic (exact) mass is 242 g/mol. The number of rotatable bonds is 6. The van der Waals surface area contributed by atoms with Crippen molar-refractivity contribution in [2.24, 2.45) is 11.5 Å². The van der Waals surface area contributed by atoms with Crippen molar-refractivity contribution < 1.29 is 50.5 Å². The van der Waals surface area contributed by atoms with Crippen LogP contribution in [0.5, 0.6) is 0 Å². The molecule has 0 spiro atoms. The number of amides is 2. The molecule has 0 aliphatic carbocycles. The SMILES string of the molecule is CCCCC(=O)O.NC(=O)CCC(N)=O.[H-].[Na+]. The Bertz CT molecular complexity index is 213. The molecule has 0 radical (unpaired) electrons. The smallest absolute Gasteiger partial charge is 1.00 e. The predicted molar refractivity (Wildman–Crippen MR) is 55.9 cm³/mol. The number of primary amides is 2. The van der Waals surface area contributed by atoms with Gasteiger partial charge in [-0.3, -0.25) is 14.4 Å². The van der Waals surface area contributed by atoms with E-state index in [2.05, 4.69) is 0 Å². The number of carbonyl (C=O) groups is 3. The number of aliphatic carboxylic acids is 1. The Labute approximate surface area is 119 Å². The number of unbranched alkanes of at least 4 members (excludes halogenated alkanes) is 1. The maximum atomic E-state index is 9.92. The van der Waals surface area contributed by atoms with Gasteiger partial charge in [-0.2, -0.15) is 0 Å². The molecule has 90 valence electrons. The zero-order chi connectivity index (χ0) is 12.3. The summed E-state index contributed by atoms with van der Waals surface area (Å²) >= 11 is 0. The van der Waals surface area contributed by atoms with E-state index in [-0.39, 0.29) is 43.8 Å². The van der Waals surface area contributed by atoms with Gasteiger partial charge >= 0.3 is 35.5 Å². The molecule has 16 heavy (non-hydrogen) atoms. The van der Waals surface area contributed by atoms with E-state index in [4.69, 9.17) is 16.6 Å². The number of nitrogens with two attached hydrogens (primary N) is 2. The Balaban J connectivity index is -0.0000000896. The first-order chi connectivity index (χ1) is 6.90. The van der Waals surface area contributed by atoms with Crippen molar-refractivity contribution in [3.8, 4) is 0 Å². The van der Waals surface area contributed by atoms with Crippen LogP contribution in [-0.2, 0) is 14.4 Å². The van der Waals surface area contributed by atoms with E-state index in [1.54, 1.807) is 0 Å². The first kappa shape index (κ1) is 20.8. The Kier molecular flexibility index (Phi) is 18.7. The molecule has 0 heterocycles. The summed E-state index contributed by atoms with van der Waals surface area (Å²) in [5, 5.41) is 8.04. The minimum Gasteiger partial charge on any atom is -1.00 e. The van der Waals surface area contributed by atoms with E-state index in [0.717, 1.165) is 12.8 Å². The minimum atomic E-state index is -0.693. The van der Waals surface area contributed by atoms with Crippen molar-refractivity contribution in [2.75, 3.05) is 0 Å². The summed E-state index contributed by atoms with van der Waals surface area (Å²) in [5.74, 6) is -1.69. The molecule has 0 saturated carbocycles. The Morgan fingerprint density at radius 1 is 1.06 bits per heavy atom. The molecule has 0 aliphatic heterocycles. The largest absolute Gasteiger partial charge is 1.00 e. The summed E-state index contributed by atoms with van der Waals surface area (Å²) in [6, 6.07) is 0. The van der Waals surface area contributed by atoms with Crippen LogP contribution in [0.15, 0.2) is 0 Å². The topological polar surface area (TPSA) is 123 Å². The molecular formula is C9H19N2NaO4. The Hall–Kier alpha value is -0.590. The van der Waals surface area contributed by atoms with E-state index in [1.165, 1.54) is 0 Å². The molecule has 0 aromatic heterocycles. The van der Waals surface area contributed by atoms with Gasteiger partial charge in [-0.1, -0.05) is 13.3 Å². The number of hydrogen-bond donors (Lipinski definition) is 3. The van der Waals surface area contributed by atoms with Crippen LogP contribution in [0, 0.1) is 0 Å². The number of carboxylic acids is 1. The van der Waals surface area contributed by atoms with Gasteiger partial charge in [0.2, 0.25) is 11.8 Å². The van der Waals surface area contributed by atoms with Crippen LogP contribution >= 0.6 is 0 Å². The molecule has 0 bridgehead atoms. The molecule has 0 unspecified atom stereocenters. The van der Waals surface area contributed by atoms with Crippen molar-refractivity contribution in [3.05, 3.63) is 0 Å². The van der Waals surface area contributed by atoms with Crippen LogP contribution in [0.1, 0.15) is 40.5 Å². The number of carboxylic acid groups (broad SMARTS) is 1. The van der Waals surface area contributed by atoms with Gasteiger partial charge in [0.25, 0.3) is 0 Å². The predicted octanol–water partition coefficient (Wildman–Crippen LogP) is -2.89. The second kappa shape index (κ2) is 14.4. The van der Waals surface area contributed by atoms with Crippen molar-refractivity contribution in [1.29, 1.82) is 0 Å². The van der Waals surface area contributed by atoms with Crippen LogP contribution in [0.4, 0.5) is 0 Å². The van der Waals surface area contributed by atoms with E-state index in [1.807, 2.05) is 6.92 Å². The van der Waals surface area contributed by atoms with Crippen LogP contribution in [0.2, 0.25) is 0 Å². The second-order valence-electron chi connectivity index (χ2n) is 2.93. The van der Waals surface area contributed by atoms with Crippen molar-refractivity contribution in [1.82, 2.24) is 0 Å². The summed E-state index contributed by atoms with van der Waals surface area (Å²) in [7, 11) is 0. The average molecular weight is 242 g/mol. The van der Waals surface area contributed by atoms with Gasteiger partial charge in [0.05, 0.1) is 0 Å². The van der Waals surface area contributed by atoms with Gasteiger partial charge in [0.1, 0.15) is 0 Å². The molecule has 7 heteroatoms. The molecule has 5 N–H and O–H groups in total. The third-order valence-electron chi connectivity index (χ3n) is 1.36. The molecule has 0 aromatic rings. The fourth-order valence-corrected chi connectivity index (χ4v) is 0.574. The molecule has 0 atom stereocenters. The molecule has 0 aromatic carbocycles. The summed E-state index contributed by atoms with van der Waals surface area (Å²) < 4.78 is 0. The molecule has 0 rings (SSSR count). The zero-order valence-corrected chi connectivity index (χ0v) is 11.9. The Morgan fingerprint density at radius 3 is 1.56 bits per heavy atom. The maximum Gasteiger partial charge on any atom is 1.00 e. The van der Waals surface area contributed by atoms with E-state index in [0.29, 0.717) is 6.42 Å². The molecular weight excluding hydrogens is 223 g/mol. The summed E-state index contributed by atoms with van der Waals surface area (Å²) in [6.07, 6.45) is 2.18. The molecule has 0 saturated heterocycles. The van der Waals surface area contributed by atoms with Gasteiger partial charge < -0.3 is 18.0 Å².